The van der Waals surface area contributed by atoms with E-state index in [9.17, 15) is 4.79 Å². The number of thiophene rings is 2. The lowest BCUT2D eigenvalue weighted by Crippen LogP contribution is -2.30. The number of nitrogens with zero attached hydrogens (tertiary/aromatic N) is 2. The Kier molecular flexibility index (Phi) is 5.05. The van der Waals surface area contributed by atoms with Crippen LogP contribution in [0.2, 0.25) is 0 Å². The molecule has 4 rings (SSSR count). The number of thioether (sulfide) groups is 1. The predicted octanol–water partition coefficient (Wildman–Crippen LogP) is 4.43. The fourth-order valence-corrected chi connectivity index (χ4v) is 6.01. The normalized spacial score (nSPS) is 15.1. The molecular weight excluding hydrogens is 370 g/mol. The molecule has 25 heavy (non-hydrogen) atoms. The van der Waals surface area contributed by atoms with E-state index in [1.165, 1.54) is 33.5 Å². The van der Waals surface area contributed by atoms with Crippen molar-refractivity contribution in [2.24, 2.45) is 0 Å². The SMILES string of the molecule is C[C@@H](Sc1ncnc2sc3c(c12)CCCC3)C(=O)NCc1cccs1. The molecule has 1 aliphatic rings. The van der Waals surface area contributed by atoms with Crippen LogP contribution in [0.1, 0.15) is 35.1 Å². The molecule has 0 bridgehead atoms. The third kappa shape index (κ3) is 3.59. The number of carbonyl (C=O) groups is 1. The minimum absolute atomic E-state index is 0.0502. The second-order valence-electron chi connectivity index (χ2n) is 6.13. The van der Waals surface area contributed by atoms with Crippen molar-refractivity contribution >= 4 is 50.6 Å². The molecule has 3 heterocycles. The van der Waals surface area contributed by atoms with Crippen molar-refractivity contribution in [2.45, 2.75) is 49.4 Å². The van der Waals surface area contributed by atoms with Gasteiger partial charge in [0.1, 0.15) is 16.2 Å². The van der Waals surface area contributed by atoms with Gasteiger partial charge in [-0.2, -0.15) is 0 Å². The molecule has 4 nitrogen and oxygen atoms in total. The first-order valence-electron chi connectivity index (χ1n) is 8.44. The summed E-state index contributed by atoms with van der Waals surface area (Å²) in [6.07, 6.45) is 6.38. The zero-order chi connectivity index (χ0) is 17.2. The summed E-state index contributed by atoms with van der Waals surface area (Å²) in [5.41, 5.74) is 1.42. The number of aromatic nitrogens is 2. The van der Waals surface area contributed by atoms with Crippen molar-refractivity contribution in [3.05, 3.63) is 39.2 Å². The van der Waals surface area contributed by atoms with E-state index >= 15 is 0 Å². The van der Waals surface area contributed by atoms with E-state index in [2.05, 4.69) is 15.3 Å². The van der Waals surface area contributed by atoms with Gasteiger partial charge in [-0.05, 0) is 49.6 Å². The Morgan fingerprint density at radius 3 is 3.08 bits per heavy atom. The summed E-state index contributed by atoms with van der Waals surface area (Å²) >= 11 is 5.00. The zero-order valence-corrected chi connectivity index (χ0v) is 16.4. The Labute approximate surface area is 159 Å². The fraction of sp³-hybridized carbons (Fsp3) is 0.389. The molecule has 1 aliphatic carbocycles. The number of rotatable bonds is 5. The van der Waals surface area contributed by atoms with Crippen LogP contribution in [0.3, 0.4) is 0 Å². The Hall–Kier alpha value is -1.44. The molecule has 0 fully saturated rings. The van der Waals surface area contributed by atoms with Gasteiger partial charge in [-0.25, -0.2) is 9.97 Å². The molecule has 1 atom stereocenters. The Morgan fingerprint density at radius 1 is 1.36 bits per heavy atom. The first-order valence-corrected chi connectivity index (χ1v) is 11.0. The van der Waals surface area contributed by atoms with Crippen LogP contribution in [-0.2, 0) is 24.2 Å². The van der Waals surface area contributed by atoms with Crippen LogP contribution in [0.5, 0.6) is 0 Å². The highest BCUT2D eigenvalue weighted by atomic mass is 32.2. The van der Waals surface area contributed by atoms with Crippen molar-refractivity contribution in [1.82, 2.24) is 15.3 Å². The molecule has 0 spiro atoms. The number of carbonyl (C=O) groups excluding carboxylic acids is 1. The molecule has 7 heteroatoms. The average molecular weight is 390 g/mol. The van der Waals surface area contributed by atoms with E-state index in [1.807, 2.05) is 24.4 Å². The number of aryl methyl sites for hydroxylation is 2. The Balaban J connectivity index is 1.51. The minimum Gasteiger partial charge on any atom is -0.350 e. The molecule has 0 unspecified atom stereocenters. The molecular formula is C18H19N3OS3. The molecule has 3 aromatic rings. The van der Waals surface area contributed by atoms with Gasteiger partial charge in [-0.15, -0.1) is 22.7 Å². The quantitative estimate of drug-likeness (QED) is 0.518. The number of hydrogen-bond acceptors (Lipinski definition) is 6. The second kappa shape index (κ2) is 7.43. The highest BCUT2D eigenvalue weighted by Crippen LogP contribution is 2.40. The molecule has 0 aliphatic heterocycles. The topological polar surface area (TPSA) is 54.9 Å². The van der Waals surface area contributed by atoms with E-state index in [0.717, 1.165) is 22.7 Å². The molecule has 3 aromatic heterocycles. The molecule has 0 saturated heterocycles. The van der Waals surface area contributed by atoms with Crippen LogP contribution in [-0.4, -0.2) is 21.1 Å². The maximum Gasteiger partial charge on any atom is 0.233 e. The van der Waals surface area contributed by atoms with Crippen molar-refractivity contribution in [3.8, 4) is 0 Å². The summed E-state index contributed by atoms with van der Waals surface area (Å²) in [5, 5.41) is 6.99. The van der Waals surface area contributed by atoms with Gasteiger partial charge in [0, 0.05) is 15.1 Å². The van der Waals surface area contributed by atoms with Crippen LogP contribution in [0.15, 0.2) is 28.9 Å². The minimum atomic E-state index is -0.183. The van der Waals surface area contributed by atoms with Gasteiger partial charge >= 0.3 is 0 Å². The lowest BCUT2D eigenvalue weighted by molar-refractivity contribution is -0.120. The van der Waals surface area contributed by atoms with Crippen LogP contribution in [0, 0.1) is 0 Å². The highest BCUT2D eigenvalue weighted by molar-refractivity contribution is 8.00. The smallest absolute Gasteiger partial charge is 0.233 e. The standard InChI is InChI=1S/C18H19N3OS3/c1-11(16(22)19-9-12-5-4-8-23-12)24-17-15-13-6-2-3-7-14(13)25-18(15)21-10-20-17/h4-5,8,10-11H,2-3,6-7,9H2,1H3,(H,19,22)/t11-/m1/s1. The molecule has 0 saturated carbocycles. The third-order valence-corrected chi connectivity index (χ3v) is 7.57. The summed E-state index contributed by atoms with van der Waals surface area (Å²) in [4.78, 5) is 25.1. The van der Waals surface area contributed by atoms with E-state index < -0.39 is 0 Å². The monoisotopic (exact) mass is 389 g/mol. The molecule has 130 valence electrons. The van der Waals surface area contributed by atoms with Gasteiger partial charge in [-0.1, -0.05) is 17.8 Å². The summed E-state index contributed by atoms with van der Waals surface area (Å²) in [7, 11) is 0. The van der Waals surface area contributed by atoms with Crippen LogP contribution < -0.4 is 5.32 Å². The van der Waals surface area contributed by atoms with E-state index in [0.29, 0.717) is 6.54 Å². The first-order chi connectivity index (χ1) is 12.2. The van der Waals surface area contributed by atoms with Gasteiger partial charge in [0.25, 0.3) is 0 Å². The highest BCUT2D eigenvalue weighted by Gasteiger charge is 2.22. The van der Waals surface area contributed by atoms with Crippen LogP contribution in [0.25, 0.3) is 10.2 Å². The van der Waals surface area contributed by atoms with E-state index in [1.54, 1.807) is 40.8 Å². The average Bonchev–Trinajstić information content (AvgIpc) is 3.27. The third-order valence-electron chi connectivity index (χ3n) is 4.39. The Morgan fingerprint density at radius 2 is 2.24 bits per heavy atom. The van der Waals surface area contributed by atoms with Gasteiger partial charge in [0.2, 0.25) is 5.91 Å². The van der Waals surface area contributed by atoms with Crippen LogP contribution in [0.4, 0.5) is 0 Å². The lowest BCUT2D eigenvalue weighted by Gasteiger charge is -2.14. The number of hydrogen-bond donors (Lipinski definition) is 1. The molecule has 0 radical (unpaired) electrons. The van der Waals surface area contributed by atoms with Crippen molar-refractivity contribution in [1.29, 1.82) is 0 Å². The number of amides is 1. The van der Waals surface area contributed by atoms with Gasteiger partial charge < -0.3 is 5.32 Å². The van der Waals surface area contributed by atoms with E-state index in [-0.39, 0.29) is 11.2 Å². The van der Waals surface area contributed by atoms with Gasteiger partial charge in [0.15, 0.2) is 0 Å². The molecule has 0 aromatic carbocycles. The van der Waals surface area contributed by atoms with Crippen molar-refractivity contribution in [2.75, 3.05) is 0 Å². The zero-order valence-electron chi connectivity index (χ0n) is 13.9. The van der Waals surface area contributed by atoms with E-state index in [4.69, 9.17) is 0 Å². The van der Waals surface area contributed by atoms with Gasteiger partial charge in [-0.3, -0.25) is 4.79 Å². The van der Waals surface area contributed by atoms with Crippen molar-refractivity contribution in [3.63, 3.8) is 0 Å². The summed E-state index contributed by atoms with van der Waals surface area (Å²) < 4.78 is 0. The fourth-order valence-electron chi connectivity index (χ4n) is 3.10. The van der Waals surface area contributed by atoms with Crippen LogP contribution >= 0.6 is 34.4 Å². The maximum absolute atomic E-state index is 12.4. The summed E-state index contributed by atoms with van der Waals surface area (Å²) in [6.45, 7) is 2.54. The number of fused-ring (bicyclic) bond motifs is 3. The maximum atomic E-state index is 12.4. The Bertz CT molecular complexity index is 888. The second-order valence-corrected chi connectivity index (χ2v) is 9.57. The number of nitrogens with one attached hydrogen (secondary N) is 1. The summed E-state index contributed by atoms with van der Waals surface area (Å²) in [6, 6.07) is 4.04. The molecule has 1 amide bonds. The largest absolute Gasteiger partial charge is 0.350 e. The lowest BCUT2D eigenvalue weighted by atomic mass is 9.97. The molecule has 1 N–H and O–H groups in total. The predicted molar refractivity (Wildman–Crippen MR) is 106 cm³/mol. The van der Waals surface area contributed by atoms with Crippen molar-refractivity contribution < 1.29 is 4.79 Å². The first kappa shape index (κ1) is 17.0. The summed E-state index contributed by atoms with van der Waals surface area (Å²) in [5.74, 6) is 0.0502. The van der Waals surface area contributed by atoms with Gasteiger partial charge in [0.05, 0.1) is 11.8 Å².